The molecule has 1 heterocycles. The molecule has 1 unspecified atom stereocenters. The molecule has 156 valence electrons. The van der Waals surface area contributed by atoms with Gasteiger partial charge in [0, 0.05) is 16.6 Å². The summed E-state index contributed by atoms with van der Waals surface area (Å²) in [6.07, 6.45) is 5.04. The molecule has 6 heteroatoms. The van der Waals surface area contributed by atoms with Crippen molar-refractivity contribution in [2.24, 2.45) is 0 Å². The highest BCUT2D eigenvalue weighted by atomic mass is 79.9. The van der Waals surface area contributed by atoms with Gasteiger partial charge in [-0.3, -0.25) is 0 Å². The topological polar surface area (TPSA) is 59.0 Å². The van der Waals surface area contributed by atoms with Crippen molar-refractivity contribution in [3.63, 3.8) is 0 Å². The normalized spacial score (nSPS) is 20.0. The summed E-state index contributed by atoms with van der Waals surface area (Å²) in [6, 6.07) is 5.55. The fourth-order valence-corrected chi connectivity index (χ4v) is 3.60. The Hall–Kier alpha value is -1.53. The number of hydrogen-bond acceptors (Lipinski definition) is 4. The molecule has 2 rings (SSSR count). The van der Waals surface area contributed by atoms with Gasteiger partial charge >= 0.3 is 6.09 Å². The molecule has 1 aliphatic rings. The molecule has 1 amide bonds. The lowest BCUT2D eigenvalue weighted by atomic mass is 9.93. The number of rotatable bonds is 7. The van der Waals surface area contributed by atoms with E-state index in [1.165, 1.54) is 0 Å². The van der Waals surface area contributed by atoms with Gasteiger partial charge in [-0.1, -0.05) is 28.1 Å². The third-order valence-electron chi connectivity index (χ3n) is 4.60. The predicted octanol–water partition coefficient (Wildman–Crippen LogP) is 5.62. The zero-order chi connectivity index (χ0) is 20.7. The second-order valence-corrected chi connectivity index (χ2v) is 9.10. The molecule has 1 saturated heterocycles. The van der Waals surface area contributed by atoms with Gasteiger partial charge < -0.3 is 19.5 Å². The number of halogens is 1. The van der Waals surface area contributed by atoms with E-state index in [-0.39, 0.29) is 12.1 Å². The minimum atomic E-state index is -0.568. The largest absolute Gasteiger partial charge is 0.493 e. The first-order valence-corrected chi connectivity index (χ1v) is 10.7. The van der Waals surface area contributed by atoms with E-state index in [4.69, 9.17) is 9.47 Å². The molecule has 0 bridgehead atoms. The molecule has 0 radical (unpaired) electrons. The lowest BCUT2D eigenvalue weighted by Gasteiger charge is -2.39. The van der Waals surface area contributed by atoms with Gasteiger partial charge in [0.25, 0.3) is 0 Å². The Bertz CT molecular complexity index is 671. The summed E-state index contributed by atoms with van der Waals surface area (Å²) in [7, 11) is 0. The molecule has 0 saturated carbocycles. The second kappa shape index (κ2) is 10.3. The Kier molecular flexibility index (Phi) is 8.38. The number of piperidine rings is 1. The highest BCUT2D eigenvalue weighted by Crippen LogP contribution is 2.38. The molecule has 0 aliphatic carbocycles. The SMILES string of the molecule is C=CCCCCOc1cc(Br)ccc1[C@@H]1CC(O)CCN1C(=O)OC(C)(C)C. The number of likely N-dealkylation sites (tertiary alicyclic amines) is 1. The van der Waals surface area contributed by atoms with Crippen molar-refractivity contribution < 1.29 is 19.4 Å². The van der Waals surface area contributed by atoms with E-state index in [0.29, 0.717) is 26.0 Å². The van der Waals surface area contributed by atoms with E-state index in [0.717, 1.165) is 35.0 Å². The number of nitrogens with zero attached hydrogens (tertiary/aromatic N) is 1. The summed E-state index contributed by atoms with van der Waals surface area (Å²) in [6.45, 7) is 10.4. The van der Waals surface area contributed by atoms with Gasteiger partial charge in [0.05, 0.1) is 18.8 Å². The van der Waals surface area contributed by atoms with Crippen molar-refractivity contribution >= 4 is 22.0 Å². The predicted molar refractivity (Wildman–Crippen MR) is 115 cm³/mol. The van der Waals surface area contributed by atoms with Crippen molar-refractivity contribution in [2.75, 3.05) is 13.2 Å². The third kappa shape index (κ3) is 6.82. The molecule has 5 nitrogen and oxygen atoms in total. The summed E-state index contributed by atoms with van der Waals surface area (Å²) in [5.41, 5.74) is 0.332. The monoisotopic (exact) mass is 453 g/mol. The Morgan fingerprint density at radius 3 is 2.82 bits per heavy atom. The van der Waals surface area contributed by atoms with Gasteiger partial charge in [-0.05, 0) is 65.0 Å². The molecule has 28 heavy (non-hydrogen) atoms. The van der Waals surface area contributed by atoms with Crippen LogP contribution in [0.25, 0.3) is 0 Å². The number of benzene rings is 1. The number of carbonyl (C=O) groups is 1. The summed E-state index contributed by atoms with van der Waals surface area (Å²) < 4.78 is 12.6. The van der Waals surface area contributed by atoms with Crippen LogP contribution in [0.1, 0.15) is 64.5 Å². The standard InChI is InChI=1S/C22H32BrNO4/c1-5-6-7-8-13-27-20-14-16(23)9-10-18(20)19-15-17(25)11-12-24(19)21(26)28-22(2,3)4/h5,9-10,14,17,19,25H,1,6-8,11-13,15H2,2-4H3/t17?,19-/m0/s1. The van der Waals surface area contributed by atoms with Gasteiger partial charge in [0.1, 0.15) is 11.4 Å². The number of allylic oxidation sites excluding steroid dienone is 1. The molecular weight excluding hydrogens is 422 g/mol. The maximum absolute atomic E-state index is 12.8. The molecule has 1 aromatic rings. The van der Waals surface area contributed by atoms with Gasteiger partial charge in [0.15, 0.2) is 0 Å². The van der Waals surface area contributed by atoms with Crippen LogP contribution in [0.3, 0.4) is 0 Å². The maximum Gasteiger partial charge on any atom is 0.410 e. The Labute approximate surface area is 176 Å². The average Bonchev–Trinajstić information content (AvgIpc) is 2.60. The summed E-state index contributed by atoms with van der Waals surface area (Å²) in [5, 5.41) is 10.3. The molecule has 2 atom stereocenters. The van der Waals surface area contributed by atoms with Crippen molar-refractivity contribution in [3.8, 4) is 5.75 Å². The van der Waals surface area contributed by atoms with Crippen LogP contribution in [-0.4, -0.2) is 41.0 Å². The molecule has 1 N–H and O–H groups in total. The van der Waals surface area contributed by atoms with E-state index < -0.39 is 11.7 Å². The summed E-state index contributed by atoms with van der Waals surface area (Å²) in [4.78, 5) is 14.5. The molecule has 0 aromatic heterocycles. The van der Waals surface area contributed by atoms with Gasteiger partial charge in [-0.25, -0.2) is 4.79 Å². The Morgan fingerprint density at radius 1 is 1.39 bits per heavy atom. The van der Waals surface area contributed by atoms with Crippen LogP contribution in [0.2, 0.25) is 0 Å². The van der Waals surface area contributed by atoms with Crippen LogP contribution in [0.15, 0.2) is 35.3 Å². The number of ether oxygens (including phenoxy) is 2. The van der Waals surface area contributed by atoms with Crippen molar-refractivity contribution in [3.05, 3.63) is 40.9 Å². The number of amides is 1. The van der Waals surface area contributed by atoms with Crippen LogP contribution >= 0.6 is 15.9 Å². The highest BCUT2D eigenvalue weighted by Gasteiger charge is 2.36. The van der Waals surface area contributed by atoms with Gasteiger partial charge in [-0.2, -0.15) is 0 Å². The number of aliphatic hydroxyl groups excluding tert-OH is 1. The Morgan fingerprint density at radius 2 is 2.14 bits per heavy atom. The molecule has 1 fully saturated rings. The number of aliphatic hydroxyl groups is 1. The van der Waals surface area contributed by atoms with E-state index >= 15 is 0 Å². The van der Waals surface area contributed by atoms with Gasteiger partial charge in [-0.15, -0.1) is 6.58 Å². The molecule has 1 aliphatic heterocycles. The van der Waals surface area contributed by atoms with Crippen molar-refractivity contribution in [2.45, 2.75) is 70.6 Å². The minimum Gasteiger partial charge on any atom is -0.493 e. The number of unbranched alkanes of at least 4 members (excludes halogenated alkanes) is 2. The molecule has 1 aromatic carbocycles. The van der Waals surface area contributed by atoms with Crippen LogP contribution in [0.4, 0.5) is 4.79 Å². The van der Waals surface area contributed by atoms with Crippen LogP contribution in [0.5, 0.6) is 5.75 Å². The average molecular weight is 454 g/mol. The van der Waals surface area contributed by atoms with E-state index in [1.54, 1.807) is 4.90 Å². The number of carbonyl (C=O) groups excluding carboxylic acids is 1. The van der Waals surface area contributed by atoms with Crippen LogP contribution in [-0.2, 0) is 4.74 Å². The van der Waals surface area contributed by atoms with Crippen LogP contribution in [0, 0.1) is 0 Å². The first-order valence-electron chi connectivity index (χ1n) is 9.92. The quantitative estimate of drug-likeness (QED) is 0.429. The Balaban J connectivity index is 2.22. The summed E-state index contributed by atoms with van der Waals surface area (Å²) in [5.74, 6) is 0.737. The van der Waals surface area contributed by atoms with E-state index in [1.807, 2.05) is 45.0 Å². The number of hydrogen-bond donors (Lipinski definition) is 1. The highest BCUT2D eigenvalue weighted by molar-refractivity contribution is 9.10. The van der Waals surface area contributed by atoms with Crippen molar-refractivity contribution in [1.82, 2.24) is 4.90 Å². The van der Waals surface area contributed by atoms with Crippen LogP contribution < -0.4 is 4.74 Å². The van der Waals surface area contributed by atoms with E-state index in [2.05, 4.69) is 22.5 Å². The fraction of sp³-hybridized carbons (Fsp3) is 0.591. The summed E-state index contributed by atoms with van der Waals surface area (Å²) >= 11 is 3.50. The maximum atomic E-state index is 12.8. The molecular formula is C22H32BrNO4. The lowest BCUT2D eigenvalue weighted by Crippen LogP contribution is -2.45. The first-order chi connectivity index (χ1) is 13.2. The fourth-order valence-electron chi connectivity index (χ4n) is 3.26. The smallest absolute Gasteiger partial charge is 0.410 e. The second-order valence-electron chi connectivity index (χ2n) is 8.18. The van der Waals surface area contributed by atoms with E-state index in [9.17, 15) is 9.90 Å². The first kappa shape index (κ1) is 22.8. The van der Waals surface area contributed by atoms with Crippen molar-refractivity contribution in [1.29, 1.82) is 0 Å². The molecule has 0 spiro atoms. The lowest BCUT2D eigenvalue weighted by molar-refractivity contribution is -0.00882. The zero-order valence-electron chi connectivity index (χ0n) is 17.1. The minimum absolute atomic E-state index is 0.283. The third-order valence-corrected chi connectivity index (χ3v) is 5.09. The zero-order valence-corrected chi connectivity index (χ0v) is 18.7. The van der Waals surface area contributed by atoms with Gasteiger partial charge in [0.2, 0.25) is 0 Å².